The lowest BCUT2D eigenvalue weighted by Crippen LogP contribution is -2.51. The summed E-state index contributed by atoms with van der Waals surface area (Å²) in [5.41, 5.74) is 3.64. The summed E-state index contributed by atoms with van der Waals surface area (Å²) in [6.45, 7) is 9.01. The van der Waals surface area contributed by atoms with Crippen molar-refractivity contribution in [3.63, 3.8) is 0 Å². The van der Waals surface area contributed by atoms with E-state index in [2.05, 4.69) is 45.4 Å². The van der Waals surface area contributed by atoms with E-state index in [1.54, 1.807) is 0 Å². The van der Waals surface area contributed by atoms with Gasteiger partial charge in [0.1, 0.15) is 0 Å². The van der Waals surface area contributed by atoms with E-state index in [4.69, 9.17) is 0 Å². The van der Waals surface area contributed by atoms with Crippen LogP contribution in [0.3, 0.4) is 0 Å². The Morgan fingerprint density at radius 2 is 2.21 bits per heavy atom. The van der Waals surface area contributed by atoms with Gasteiger partial charge < -0.3 is 10.2 Å². The van der Waals surface area contributed by atoms with Crippen molar-refractivity contribution < 1.29 is 4.79 Å². The standard InChI is InChI=1S/C18H23BrN4O/c1-12-10-22(8-7-20-12)18(24)17-13(2)21-23(14(17)3)11-15-5-4-6-16(19)9-15/h4-6,9,12,20H,7-8,10-11H2,1-3H3. The van der Waals surface area contributed by atoms with Crippen LogP contribution >= 0.6 is 15.9 Å². The number of aryl methyl sites for hydroxylation is 1. The van der Waals surface area contributed by atoms with Gasteiger partial charge in [0.15, 0.2) is 0 Å². The second-order valence-corrected chi connectivity index (χ2v) is 7.36. The Morgan fingerprint density at radius 1 is 1.42 bits per heavy atom. The molecule has 2 heterocycles. The zero-order valence-corrected chi connectivity index (χ0v) is 15.9. The number of carbonyl (C=O) groups is 1. The number of halogens is 1. The van der Waals surface area contributed by atoms with Gasteiger partial charge in [0.2, 0.25) is 0 Å². The molecule has 0 spiro atoms. The lowest BCUT2D eigenvalue weighted by molar-refractivity contribution is 0.0707. The van der Waals surface area contributed by atoms with Gasteiger partial charge in [0.25, 0.3) is 5.91 Å². The van der Waals surface area contributed by atoms with Gasteiger partial charge in [0, 0.05) is 35.8 Å². The maximum absolute atomic E-state index is 12.9. The van der Waals surface area contributed by atoms with Crippen LogP contribution in [0.15, 0.2) is 28.7 Å². The van der Waals surface area contributed by atoms with E-state index in [1.807, 2.05) is 35.6 Å². The second kappa shape index (κ2) is 7.07. The molecule has 1 fully saturated rings. The Hall–Kier alpha value is -1.66. The van der Waals surface area contributed by atoms with E-state index < -0.39 is 0 Å². The van der Waals surface area contributed by atoms with E-state index in [0.29, 0.717) is 12.6 Å². The van der Waals surface area contributed by atoms with Crippen molar-refractivity contribution in [3.05, 3.63) is 51.3 Å². The second-order valence-electron chi connectivity index (χ2n) is 6.44. The van der Waals surface area contributed by atoms with E-state index in [-0.39, 0.29) is 5.91 Å². The summed E-state index contributed by atoms with van der Waals surface area (Å²) in [5, 5.41) is 7.98. The van der Waals surface area contributed by atoms with Gasteiger partial charge in [-0.25, -0.2) is 0 Å². The van der Waals surface area contributed by atoms with Crippen molar-refractivity contribution in [2.24, 2.45) is 0 Å². The summed E-state index contributed by atoms with van der Waals surface area (Å²) >= 11 is 3.50. The summed E-state index contributed by atoms with van der Waals surface area (Å²) in [5.74, 6) is 0.0962. The van der Waals surface area contributed by atoms with E-state index >= 15 is 0 Å². The molecule has 6 heteroatoms. The predicted octanol–water partition coefficient (Wildman–Crippen LogP) is 2.74. The van der Waals surface area contributed by atoms with E-state index in [9.17, 15) is 4.79 Å². The predicted molar refractivity (Wildman–Crippen MR) is 98.3 cm³/mol. The zero-order chi connectivity index (χ0) is 17.3. The number of hydrogen-bond acceptors (Lipinski definition) is 3. The average Bonchev–Trinajstić information content (AvgIpc) is 2.81. The first-order valence-corrected chi connectivity index (χ1v) is 9.06. The van der Waals surface area contributed by atoms with Crippen LogP contribution in [0.1, 0.15) is 34.2 Å². The molecule has 1 aliphatic rings. The van der Waals surface area contributed by atoms with Crippen LogP contribution in [0.25, 0.3) is 0 Å². The number of nitrogens with zero attached hydrogens (tertiary/aromatic N) is 3. The number of carbonyl (C=O) groups excluding carboxylic acids is 1. The summed E-state index contributed by atoms with van der Waals surface area (Å²) in [6.07, 6.45) is 0. The minimum absolute atomic E-state index is 0.0962. The molecule has 3 rings (SSSR count). The highest BCUT2D eigenvalue weighted by atomic mass is 79.9. The molecule has 24 heavy (non-hydrogen) atoms. The van der Waals surface area contributed by atoms with Crippen molar-refractivity contribution in [3.8, 4) is 0 Å². The summed E-state index contributed by atoms with van der Waals surface area (Å²) in [6, 6.07) is 8.50. The third-order valence-corrected chi connectivity index (χ3v) is 4.97. The first-order valence-electron chi connectivity index (χ1n) is 8.27. The van der Waals surface area contributed by atoms with Gasteiger partial charge >= 0.3 is 0 Å². The molecule has 1 aromatic carbocycles. The van der Waals surface area contributed by atoms with Crippen LogP contribution in [0, 0.1) is 13.8 Å². The molecule has 2 aromatic rings. The fourth-order valence-corrected chi connectivity index (χ4v) is 3.69. The normalized spacial score (nSPS) is 18.0. The Balaban J connectivity index is 1.85. The van der Waals surface area contributed by atoms with Crippen LogP contribution in [0.5, 0.6) is 0 Å². The maximum Gasteiger partial charge on any atom is 0.257 e. The molecule has 1 unspecified atom stereocenters. The summed E-state index contributed by atoms with van der Waals surface area (Å²) in [4.78, 5) is 14.9. The fraction of sp³-hybridized carbons (Fsp3) is 0.444. The van der Waals surface area contributed by atoms with Gasteiger partial charge in [-0.15, -0.1) is 0 Å². The van der Waals surface area contributed by atoms with Gasteiger partial charge in [0.05, 0.1) is 17.8 Å². The highest BCUT2D eigenvalue weighted by Crippen LogP contribution is 2.19. The fourth-order valence-electron chi connectivity index (χ4n) is 3.24. The molecular weight excluding hydrogens is 368 g/mol. The number of rotatable bonds is 3. The smallest absolute Gasteiger partial charge is 0.257 e. The Morgan fingerprint density at radius 3 is 2.92 bits per heavy atom. The van der Waals surface area contributed by atoms with Gasteiger partial charge in [-0.05, 0) is 38.5 Å². The molecule has 1 aliphatic heterocycles. The van der Waals surface area contributed by atoms with Gasteiger partial charge in [-0.2, -0.15) is 5.10 Å². The van der Waals surface area contributed by atoms with Crippen LogP contribution < -0.4 is 5.32 Å². The number of benzene rings is 1. The SMILES string of the molecule is Cc1nn(Cc2cccc(Br)c2)c(C)c1C(=O)N1CCNC(C)C1. The Labute approximate surface area is 151 Å². The number of piperazine rings is 1. The van der Waals surface area contributed by atoms with Crippen molar-refractivity contribution in [1.29, 1.82) is 0 Å². The molecule has 128 valence electrons. The number of nitrogens with one attached hydrogen (secondary N) is 1. The van der Waals surface area contributed by atoms with Crippen LogP contribution in [0.4, 0.5) is 0 Å². The molecule has 1 saturated heterocycles. The van der Waals surface area contributed by atoms with Crippen LogP contribution in [-0.2, 0) is 6.54 Å². The van der Waals surface area contributed by atoms with Gasteiger partial charge in [-0.3, -0.25) is 9.48 Å². The zero-order valence-electron chi connectivity index (χ0n) is 14.3. The van der Waals surface area contributed by atoms with Gasteiger partial charge in [-0.1, -0.05) is 28.1 Å². The summed E-state index contributed by atoms with van der Waals surface area (Å²) < 4.78 is 2.98. The van der Waals surface area contributed by atoms with Crippen molar-refractivity contribution in [2.75, 3.05) is 19.6 Å². The first-order chi connectivity index (χ1) is 11.5. The van der Waals surface area contributed by atoms with Crippen molar-refractivity contribution in [2.45, 2.75) is 33.4 Å². The monoisotopic (exact) mass is 390 g/mol. The third kappa shape index (κ3) is 3.54. The molecular formula is C18H23BrN4O. The molecule has 0 aliphatic carbocycles. The molecule has 0 radical (unpaired) electrons. The lowest BCUT2D eigenvalue weighted by atomic mass is 10.1. The molecule has 5 nitrogen and oxygen atoms in total. The molecule has 0 bridgehead atoms. The van der Waals surface area contributed by atoms with Crippen molar-refractivity contribution in [1.82, 2.24) is 20.0 Å². The number of aromatic nitrogens is 2. The minimum atomic E-state index is 0.0962. The van der Waals surface area contributed by atoms with Crippen LogP contribution in [0.2, 0.25) is 0 Å². The molecule has 0 saturated carbocycles. The molecule has 1 N–H and O–H groups in total. The quantitative estimate of drug-likeness (QED) is 0.876. The van der Waals surface area contributed by atoms with Crippen LogP contribution in [-0.4, -0.2) is 46.3 Å². The van der Waals surface area contributed by atoms with E-state index in [1.165, 1.54) is 0 Å². The lowest BCUT2D eigenvalue weighted by Gasteiger charge is -2.32. The Kier molecular flexibility index (Phi) is 5.06. The molecule has 1 amide bonds. The maximum atomic E-state index is 12.9. The average molecular weight is 391 g/mol. The topological polar surface area (TPSA) is 50.2 Å². The largest absolute Gasteiger partial charge is 0.336 e. The van der Waals surface area contributed by atoms with E-state index in [0.717, 1.165) is 46.6 Å². The van der Waals surface area contributed by atoms with Crippen molar-refractivity contribution >= 4 is 21.8 Å². The minimum Gasteiger partial charge on any atom is -0.336 e. The summed E-state index contributed by atoms with van der Waals surface area (Å²) in [7, 11) is 0. The number of hydrogen-bond donors (Lipinski definition) is 1. The molecule has 1 aromatic heterocycles. The Bertz CT molecular complexity index is 755. The number of amides is 1. The highest BCUT2D eigenvalue weighted by Gasteiger charge is 2.26. The first kappa shape index (κ1) is 17.2. The third-order valence-electron chi connectivity index (χ3n) is 4.47. The highest BCUT2D eigenvalue weighted by molar-refractivity contribution is 9.10. The molecule has 1 atom stereocenters.